The fourth-order valence-corrected chi connectivity index (χ4v) is 3.06. The van der Waals surface area contributed by atoms with Crippen molar-refractivity contribution in [2.45, 2.75) is 6.42 Å². The Kier molecular flexibility index (Phi) is 5.51. The van der Waals surface area contributed by atoms with Crippen LogP contribution in [0.15, 0.2) is 48.5 Å². The fourth-order valence-electron chi connectivity index (χ4n) is 3.06. The van der Waals surface area contributed by atoms with E-state index in [2.05, 4.69) is 0 Å². The number of para-hydroxylation sites is 1. The topological polar surface area (TPSA) is 49.9 Å². The van der Waals surface area contributed by atoms with Crippen LogP contribution in [0.1, 0.15) is 15.9 Å². The van der Waals surface area contributed by atoms with Crippen LogP contribution in [0.2, 0.25) is 0 Å². The van der Waals surface area contributed by atoms with E-state index in [0.717, 1.165) is 5.56 Å². The second-order valence-corrected chi connectivity index (χ2v) is 6.17. The third kappa shape index (κ3) is 4.02. The Morgan fingerprint density at radius 1 is 0.962 bits per heavy atom. The Bertz CT molecular complexity index is 784. The molecular formula is C20H21FN2O3. The van der Waals surface area contributed by atoms with E-state index < -0.39 is 0 Å². The molecule has 0 aliphatic carbocycles. The Morgan fingerprint density at radius 2 is 1.58 bits per heavy atom. The lowest BCUT2D eigenvalue weighted by atomic mass is 10.1. The van der Waals surface area contributed by atoms with Gasteiger partial charge in [0.15, 0.2) is 0 Å². The van der Waals surface area contributed by atoms with Crippen molar-refractivity contribution in [2.24, 2.45) is 0 Å². The summed E-state index contributed by atoms with van der Waals surface area (Å²) in [5.41, 5.74) is 1.31. The summed E-state index contributed by atoms with van der Waals surface area (Å²) < 4.78 is 18.3. The highest BCUT2D eigenvalue weighted by Crippen LogP contribution is 2.19. The maximum atomic E-state index is 13.0. The van der Waals surface area contributed by atoms with Gasteiger partial charge in [-0.2, -0.15) is 0 Å². The van der Waals surface area contributed by atoms with Gasteiger partial charge in [0.2, 0.25) is 5.91 Å². The smallest absolute Gasteiger partial charge is 0.253 e. The molecule has 0 saturated carbocycles. The molecule has 0 N–H and O–H groups in total. The van der Waals surface area contributed by atoms with Gasteiger partial charge in [-0.05, 0) is 30.3 Å². The highest BCUT2D eigenvalue weighted by Gasteiger charge is 2.25. The molecule has 2 amide bonds. The average molecular weight is 356 g/mol. The maximum Gasteiger partial charge on any atom is 0.253 e. The zero-order chi connectivity index (χ0) is 18.5. The molecule has 1 aliphatic rings. The van der Waals surface area contributed by atoms with Crippen LogP contribution >= 0.6 is 0 Å². The summed E-state index contributed by atoms with van der Waals surface area (Å²) in [7, 11) is 1.59. The van der Waals surface area contributed by atoms with Crippen molar-refractivity contribution in [3.8, 4) is 5.75 Å². The molecule has 26 heavy (non-hydrogen) atoms. The lowest BCUT2D eigenvalue weighted by Gasteiger charge is -2.35. The molecule has 1 saturated heterocycles. The van der Waals surface area contributed by atoms with Gasteiger partial charge < -0.3 is 14.5 Å². The molecule has 1 heterocycles. The molecule has 0 bridgehead atoms. The fraction of sp³-hybridized carbons (Fsp3) is 0.300. The van der Waals surface area contributed by atoms with Gasteiger partial charge in [-0.25, -0.2) is 4.39 Å². The zero-order valence-corrected chi connectivity index (χ0v) is 14.7. The quantitative estimate of drug-likeness (QED) is 0.845. The number of ether oxygens (including phenoxy) is 1. The van der Waals surface area contributed by atoms with E-state index in [1.54, 1.807) is 16.9 Å². The standard InChI is InChI=1S/C20H21FN2O3/c1-26-18-5-3-2-4-16(18)14-19(24)22-10-12-23(13-11-22)20(25)15-6-8-17(21)9-7-15/h2-9H,10-14H2,1H3. The molecule has 136 valence electrons. The number of piperazine rings is 1. The second-order valence-electron chi connectivity index (χ2n) is 6.17. The maximum absolute atomic E-state index is 13.0. The van der Waals surface area contributed by atoms with Gasteiger partial charge >= 0.3 is 0 Å². The van der Waals surface area contributed by atoms with Crippen LogP contribution in [-0.4, -0.2) is 54.9 Å². The van der Waals surface area contributed by atoms with Crippen molar-refractivity contribution in [1.29, 1.82) is 0 Å². The molecule has 5 nitrogen and oxygen atoms in total. The van der Waals surface area contributed by atoms with Crippen LogP contribution in [0, 0.1) is 5.82 Å². The molecule has 0 spiro atoms. The number of rotatable bonds is 4. The highest BCUT2D eigenvalue weighted by atomic mass is 19.1. The molecule has 1 fully saturated rings. The summed E-state index contributed by atoms with van der Waals surface area (Å²) in [6.45, 7) is 1.91. The van der Waals surface area contributed by atoms with E-state index in [1.165, 1.54) is 24.3 Å². The van der Waals surface area contributed by atoms with Crippen LogP contribution < -0.4 is 4.74 Å². The van der Waals surface area contributed by atoms with E-state index in [4.69, 9.17) is 4.74 Å². The van der Waals surface area contributed by atoms with E-state index in [9.17, 15) is 14.0 Å². The van der Waals surface area contributed by atoms with E-state index in [0.29, 0.717) is 37.5 Å². The number of hydrogen-bond acceptors (Lipinski definition) is 3. The van der Waals surface area contributed by atoms with Gasteiger partial charge in [0.25, 0.3) is 5.91 Å². The minimum Gasteiger partial charge on any atom is -0.496 e. The summed E-state index contributed by atoms with van der Waals surface area (Å²) in [6.07, 6.45) is 0.274. The van der Waals surface area contributed by atoms with E-state index in [-0.39, 0.29) is 24.1 Å². The Labute approximate surface area is 152 Å². The summed E-state index contributed by atoms with van der Waals surface area (Å²) in [5.74, 6) is 0.212. The molecule has 6 heteroatoms. The lowest BCUT2D eigenvalue weighted by molar-refractivity contribution is -0.131. The summed E-state index contributed by atoms with van der Waals surface area (Å²) >= 11 is 0. The minimum absolute atomic E-state index is 0.0170. The number of amides is 2. The Morgan fingerprint density at radius 3 is 2.23 bits per heavy atom. The van der Waals surface area contributed by atoms with Gasteiger partial charge in [-0.15, -0.1) is 0 Å². The summed E-state index contributed by atoms with van der Waals surface area (Å²) in [4.78, 5) is 28.4. The first-order valence-electron chi connectivity index (χ1n) is 8.53. The van der Waals surface area contributed by atoms with Gasteiger partial charge in [0.1, 0.15) is 11.6 Å². The largest absolute Gasteiger partial charge is 0.496 e. The number of halogens is 1. The number of benzene rings is 2. The molecule has 0 atom stereocenters. The number of carbonyl (C=O) groups excluding carboxylic acids is 2. The molecule has 0 radical (unpaired) electrons. The van der Waals surface area contributed by atoms with E-state index >= 15 is 0 Å². The molecule has 2 aromatic carbocycles. The van der Waals surface area contributed by atoms with Crippen molar-refractivity contribution in [2.75, 3.05) is 33.3 Å². The first-order chi connectivity index (χ1) is 12.6. The molecule has 2 aromatic rings. The molecule has 0 unspecified atom stereocenters. The average Bonchev–Trinajstić information content (AvgIpc) is 2.68. The Hall–Kier alpha value is -2.89. The van der Waals surface area contributed by atoms with Gasteiger partial charge in [0, 0.05) is 37.3 Å². The third-order valence-corrected chi connectivity index (χ3v) is 4.54. The first-order valence-corrected chi connectivity index (χ1v) is 8.53. The van der Waals surface area contributed by atoms with Crippen LogP contribution in [0.25, 0.3) is 0 Å². The van der Waals surface area contributed by atoms with Crippen molar-refractivity contribution in [3.63, 3.8) is 0 Å². The van der Waals surface area contributed by atoms with Crippen LogP contribution in [0.3, 0.4) is 0 Å². The lowest BCUT2D eigenvalue weighted by Crippen LogP contribution is -2.51. The molecule has 0 aromatic heterocycles. The Balaban J connectivity index is 1.57. The number of carbonyl (C=O) groups is 2. The summed E-state index contributed by atoms with van der Waals surface area (Å²) in [6, 6.07) is 13.0. The first kappa shape index (κ1) is 17.9. The van der Waals surface area contributed by atoms with Crippen LogP contribution in [0.5, 0.6) is 5.75 Å². The van der Waals surface area contributed by atoms with E-state index in [1.807, 2.05) is 24.3 Å². The molecule has 1 aliphatic heterocycles. The zero-order valence-electron chi connectivity index (χ0n) is 14.7. The third-order valence-electron chi connectivity index (χ3n) is 4.54. The summed E-state index contributed by atoms with van der Waals surface area (Å²) in [5, 5.41) is 0. The molecular weight excluding hydrogens is 335 g/mol. The van der Waals surface area contributed by atoms with Gasteiger partial charge in [-0.1, -0.05) is 18.2 Å². The normalized spacial score (nSPS) is 14.2. The van der Waals surface area contributed by atoms with Crippen molar-refractivity contribution in [1.82, 2.24) is 9.80 Å². The van der Waals surface area contributed by atoms with Gasteiger partial charge in [-0.3, -0.25) is 9.59 Å². The SMILES string of the molecule is COc1ccccc1CC(=O)N1CCN(C(=O)c2ccc(F)cc2)CC1. The van der Waals surface area contributed by atoms with Crippen LogP contribution in [0.4, 0.5) is 4.39 Å². The van der Waals surface area contributed by atoms with Gasteiger partial charge in [0.05, 0.1) is 13.5 Å². The number of hydrogen-bond donors (Lipinski definition) is 0. The van der Waals surface area contributed by atoms with Crippen LogP contribution in [-0.2, 0) is 11.2 Å². The number of methoxy groups -OCH3 is 1. The minimum atomic E-state index is -0.367. The van der Waals surface area contributed by atoms with Crippen molar-refractivity contribution < 1.29 is 18.7 Å². The predicted molar refractivity (Wildman–Crippen MR) is 95.6 cm³/mol. The number of nitrogens with zero attached hydrogens (tertiary/aromatic N) is 2. The second kappa shape index (κ2) is 7.99. The predicted octanol–water partition coefficient (Wildman–Crippen LogP) is 2.36. The highest BCUT2D eigenvalue weighted by molar-refractivity contribution is 5.94. The monoisotopic (exact) mass is 356 g/mol. The van der Waals surface area contributed by atoms with Crippen molar-refractivity contribution in [3.05, 3.63) is 65.5 Å². The molecule has 3 rings (SSSR count). The van der Waals surface area contributed by atoms with Crippen molar-refractivity contribution >= 4 is 11.8 Å².